The van der Waals surface area contributed by atoms with Crippen LogP contribution in [0.4, 0.5) is 0 Å². The van der Waals surface area contributed by atoms with E-state index >= 15 is 0 Å². The van der Waals surface area contributed by atoms with Crippen LogP contribution in [0.5, 0.6) is 5.75 Å². The normalized spacial score (nSPS) is 17.0. The molecule has 3 rings (SSSR count). The maximum absolute atomic E-state index is 12.1. The third kappa shape index (κ3) is 5.61. The van der Waals surface area contributed by atoms with E-state index in [4.69, 9.17) is 4.74 Å². The second kappa shape index (κ2) is 9.23. The van der Waals surface area contributed by atoms with Crippen LogP contribution in [-0.2, 0) is 17.8 Å². The van der Waals surface area contributed by atoms with Crippen molar-refractivity contribution in [2.75, 3.05) is 19.6 Å². The zero-order valence-corrected chi connectivity index (χ0v) is 14.5. The highest BCUT2D eigenvalue weighted by atomic mass is 16.5. The number of amides is 1. The Hall–Kier alpha value is -2.33. The molecule has 4 nitrogen and oxygen atoms in total. The molecule has 0 unspecified atom stereocenters. The molecule has 1 amide bonds. The van der Waals surface area contributed by atoms with Gasteiger partial charge >= 0.3 is 0 Å². The molecule has 4 heteroatoms. The second-order valence-electron chi connectivity index (χ2n) is 6.50. The zero-order chi connectivity index (χ0) is 17.3. The van der Waals surface area contributed by atoms with Crippen LogP contribution in [0.15, 0.2) is 54.6 Å². The van der Waals surface area contributed by atoms with Gasteiger partial charge in [0.25, 0.3) is 0 Å². The average molecular weight is 338 g/mol. The third-order valence-electron chi connectivity index (χ3n) is 4.55. The highest BCUT2D eigenvalue weighted by molar-refractivity contribution is 5.78. The van der Waals surface area contributed by atoms with Crippen molar-refractivity contribution in [3.63, 3.8) is 0 Å². The molecule has 0 bridgehead atoms. The molecule has 25 heavy (non-hydrogen) atoms. The van der Waals surface area contributed by atoms with Crippen LogP contribution in [-0.4, -0.2) is 25.5 Å². The monoisotopic (exact) mass is 338 g/mol. The Labute approximate surface area is 149 Å². The zero-order valence-electron chi connectivity index (χ0n) is 14.5. The standard InChI is InChI=1S/C21H26N2O2/c24-21(19-7-4-13-22-15-19)23-14-12-17-8-10-20(11-9-17)25-16-18-5-2-1-3-6-18/h1-3,5-6,8-11,19,22H,4,7,12-16H2,(H,23,24)/t19-/m1/s1. The van der Waals surface area contributed by atoms with E-state index < -0.39 is 0 Å². The van der Waals surface area contributed by atoms with Crippen LogP contribution in [0, 0.1) is 5.92 Å². The summed E-state index contributed by atoms with van der Waals surface area (Å²) < 4.78 is 5.79. The van der Waals surface area contributed by atoms with Gasteiger partial charge in [-0.05, 0) is 49.1 Å². The third-order valence-corrected chi connectivity index (χ3v) is 4.55. The Bertz CT molecular complexity index is 649. The first-order chi connectivity index (χ1) is 12.3. The number of rotatable bonds is 7. The summed E-state index contributed by atoms with van der Waals surface area (Å²) in [4.78, 5) is 12.1. The van der Waals surface area contributed by atoms with E-state index in [9.17, 15) is 4.79 Å². The lowest BCUT2D eigenvalue weighted by Crippen LogP contribution is -2.41. The first-order valence-corrected chi connectivity index (χ1v) is 9.05. The minimum absolute atomic E-state index is 0.127. The largest absolute Gasteiger partial charge is 0.489 e. The number of hydrogen-bond donors (Lipinski definition) is 2. The summed E-state index contributed by atoms with van der Waals surface area (Å²) in [7, 11) is 0. The van der Waals surface area contributed by atoms with E-state index in [-0.39, 0.29) is 11.8 Å². The summed E-state index contributed by atoms with van der Waals surface area (Å²) in [5, 5.41) is 6.33. The molecule has 132 valence electrons. The van der Waals surface area contributed by atoms with Crippen molar-refractivity contribution in [3.8, 4) is 5.75 Å². The number of piperidine rings is 1. The highest BCUT2D eigenvalue weighted by Gasteiger charge is 2.20. The summed E-state index contributed by atoms with van der Waals surface area (Å²) in [6.45, 7) is 3.09. The molecule has 1 fully saturated rings. The van der Waals surface area contributed by atoms with Crippen LogP contribution in [0.25, 0.3) is 0 Å². The second-order valence-corrected chi connectivity index (χ2v) is 6.50. The van der Waals surface area contributed by atoms with Crippen molar-refractivity contribution in [3.05, 3.63) is 65.7 Å². The van der Waals surface area contributed by atoms with Gasteiger partial charge in [-0.3, -0.25) is 4.79 Å². The molecule has 2 aromatic rings. The van der Waals surface area contributed by atoms with Gasteiger partial charge in [0.15, 0.2) is 0 Å². The topological polar surface area (TPSA) is 50.4 Å². The Morgan fingerprint density at radius 2 is 1.88 bits per heavy atom. The van der Waals surface area contributed by atoms with Gasteiger partial charge in [0.05, 0.1) is 5.92 Å². The predicted octanol–water partition coefficient (Wildman–Crippen LogP) is 2.92. The summed E-state index contributed by atoms with van der Waals surface area (Å²) >= 11 is 0. The molecular formula is C21H26N2O2. The molecule has 1 aliphatic rings. The summed E-state index contributed by atoms with van der Waals surface area (Å²) in [5.74, 6) is 1.17. The molecule has 0 saturated carbocycles. The van der Waals surface area contributed by atoms with Gasteiger partial charge in [0.2, 0.25) is 5.91 Å². The smallest absolute Gasteiger partial charge is 0.224 e. The number of carbonyl (C=O) groups excluding carboxylic acids is 1. The van der Waals surface area contributed by atoms with Gasteiger partial charge in [-0.1, -0.05) is 42.5 Å². The van der Waals surface area contributed by atoms with Gasteiger partial charge < -0.3 is 15.4 Å². The van der Waals surface area contributed by atoms with Crippen LogP contribution in [0.3, 0.4) is 0 Å². The Morgan fingerprint density at radius 1 is 1.08 bits per heavy atom. The van der Waals surface area contributed by atoms with E-state index in [1.165, 1.54) is 5.56 Å². The molecule has 0 aromatic heterocycles. The summed E-state index contributed by atoms with van der Waals surface area (Å²) in [6.07, 6.45) is 2.92. The molecule has 1 aliphatic heterocycles. The SMILES string of the molecule is O=C(NCCc1ccc(OCc2ccccc2)cc1)[C@@H]1CCCNC1. The summed E-state index contributed by atoms with van der Waals surface area (Å²) in [6, 6.07) is 18.2. The molecule has 1 saturated heterocycles. The van der Waals surface area contributed by atoms with E-state index in [2.05, 4.69) is 34.9 Å². The van der Waals surface area contributed by atoms with Crippen molar-refractivity contribution >= 4 is 5.91 Å². The van der Waals surface area contributed by atoms with Crippen LogP contribution >= 0.6 is 0 Å². The van der Waals surface area contributed by atoms with Crippen molar-refractivity contribution in [2.45, 2.75) is 25.9 Å². The Kier molecular flexibility index (Phi) is 6.46. The van der Waals surface area contributed by atoms with Gasteiger partial charge in [-0.2, -0.15) is 0 Å². The molecule has 0 radical (unpaired) electrons. The van der Waals surface area contributed by atoms with Crippen molar-refractivity contribution in [1.29, 1.82) is 0 Å². The molecule has 2 aromatic carbocycles. The van der Waals surface area contributed by atoms with Gasteiger partial charge in [-0.15, -0.1) is 0 Å². The minimum atomic E-state index is 0.127. The molecule has 2 N–H and O–H groups in total. The molecular weight excluding hydrogens is 312 g/mol. The molecule has 0 spiro atoms. The summed E-state index contributed by atoms with van der Waals surface area (Å²) in [5.41, 5.74) is 2.36. The number of benzene rings is 2. The fourth-order valence-electron chi connectivity index (χ4n) is 3.04. The van der Waals surface area contributed by atoms with E-state index in [1.807, 2.05) is 30.3 Å². The Balaban J connectivity index is 1.39. The van der Waals surface area contributed by atoms with E-state index in [0.29, 0.717) is 13.2 Å². The fourth-order valence-corrected chi connectivity index (χ4v) is 3.04. The number of carbonyl (C=O) groups is 1. The minimum Gasteiger partial charge on any atom is -0.489 e. The lowest BCUT2D eigenvalue weighted by Gasteiger charge is -2.21. The van der Waals surface area contributed by atoms with Gasteiger partial charge in [-0.25, -0.2) is 0 Å². The predicted molar refractivity (Wildman–Crippen MR) is 99.5 cm³/mol. The van der Waals surface area contributed by atoms with Gasteiger partial charge in [0, 0.05) is 13.1 Å². The molecule has 0 aliphatic carbocycles. The van der Waals surface area contributed by atoms with E-state index in [0.717, 1.165) is 43.7 Å². The molecule has 1 heterocycles. The first kappa shape index (κ1) is 17.5. The van der Waals surface area contributed by atoms with Crippen molar-refractivity contribution in [2.24, 2.45) is 5.92 Å². The fraction of sp³-hybridized carbons (Fsp3) is 0.381. The van der Waals surface area contributed by atoms with E-state index in [1.54, 1.807) is 0 Å². The highest BCUT2D eigenvalue weighted by Crippen LogP contribution is 2.15. The van der Waals surface area contributed by atoms with Crippen LogP contribution in [0.1, 0.15) is 24.0 Å². The first-order valence-electron chi connectivity index (χ1n) is 9.05. The maximum atomic E-state index is 12.1. The maximum Gasteiger partial charge on any atom is 0.224 e. The van der Waals surface area contributed by atoms with Gasteiger partial charge in [0.1, 0.15) is 12.4 Å². The average Bonchev–Trinajstić information content (AvgIpc) is 2.69. The molecule has 1 atom stereocenters. The van der Waals surface area contributed by atoms with Crippen molar-refractivity contribution in [1.82, 2.24) is 10.6 Å². The lowest BCUT2D eigenvalue weighted by atomic mass is 9.99. The van der Waals surface area contributed by atoms with Crippen LogP contribution in [0.2, 0.25) is 0 Å². The van der Waals surface area contributed by atoms with Crippen LogP contribution < -0.4 is 15.4 Å². The van der Waals surface area contributed by atoms with Crippen molar-refractivity contribution < 1.29 is 9.53 Å². The number of ether oxygens (including phenoxy) is 1. The number of nitrogens with one attached hydrogen (secondary N) is 2. The Morgan fingerprint density at radius 3 is 2.60 bits per heavy atom. The quantitative estimate of drug-likeness (QED) is 0.816. The lowest BCUT2D eigenvalue weighted by molar-refractivity contribution is -0.125. The number of hydrogen-bond acceptors (Lipinski definition) is 3.